The van der Waals surface area contributed by atoms with Gasteiger partial charge >= 0.3 is 6.18 Å². The van der Waals surface area contributed by atoms with Crippen molar-refractivity contribution in [3.63, 3.8) is 0 Å². The smallest absolute Gasteiger partial charge is 0.379 e. The van der Waals surface area contributed by atoms with E-state index in [1.54, 1.807) is 11.3 Å². The Bertz CT molecular complexity index is 762. The van der Waals surface area contributed by atoms with Crippen LogP contribution in [0.25, 0.3) is 0 Å². The zero-order chi connectivity index (χ0) is 20.0. The molecular formula is C19H22F3N3O2S. The number of carbonyl (C=O) groups is 1. The number of anilines is 1. The van der Waals surface area contributed by atoms with Gasteiger partial charge in [-0.15, -0.1) is 11.3 Å². The van der Waals surface area contributed by atoms with Crippen LogP contribution in [-0.4, -0.2) is 50.2 Å². The predicted octanol–water partition coefficient (Wildman–Crippen LogP) is 3.37. The van der Waals surface area contributed by atoms with Gasteiger partial charge in [0, 0.05) is 30.2 Å². The first-order chi connectivity index (χ1) is 13.4. The number of thiophene rings is 1. The molecule has 1 unspecified atom stereocenters. The largest absolute Gasteiger partial charge is 0.416 e. The van der Waals surface area contributed by atoms with E-state index >= 15 is 0 Å². The van der Waals surface area contributed by atoms with E-state index in [2.05, 4.69) is 15.5 Å². The number of halogens is 3. The highest BCUT2D eigenvalue weighted by molar-refractivity contribution is 7.10. The number of amides is 1. The Morgan fingerprint density at radius 3 is 2.68 bits per heavy atom. The van der Waals surface area contributed by atoms with E-state index in [9.17, 15) is 18.0 Å². The van der Waals surface area contributed by atoms with E-state index in [0.717, 1.165) is 30.1 Å². The number of hydrogen-bond donors (Lipinski definition) is 2. The summed E-state index contributed by atoms with van der Waals surface area (Å²) in [5.74, 6) is -0.271. The van der Waals surface area contributed by atoms with Gasteiger partial charge in [-0.25, -0.2) is 0 Å². The molecular weight excluding hydrogens is 391 g/mol. The van der Waals surface area contributed by atoms with Crippen LogP contribution in [0, 0.1) is 0 Å². The van der Waals surface area contributed by atoms with Crippen LogP contribution in [0.4, 0.5) is 18.9 Å². The van der Waals surface area contributed by atoms with Gasteiger partial charge in [-0.1, -0.05) is 12.1 Å². The lowest BCUT2D eigenvalue weighted by Crippen LogP contribution is -2.44. The number of morpholine rings is 1. The van der Waals surface area contributed by atoms with E-state index < -0.39 is 11.7 Å². The fourth-order valence-electron chi connectivity index (χ4n) is 3.04. The number of alkyl halides is 3. The zero-order valence-electron chi connectivity index (χ0n) is 15.2. The molecule has 1 aromatic carbocycles. The Kier molecular flexibility index (Phi) is 6.93. The van der Waals surface area contributed by atoms with Crippen molar-refractivity contribution in [2.75, 3.05) is 44.7 Å². The van der Waals surface area contributed by atoms with Crippen LogP contribution in [0.2, 0.25) is 0 Å². The fraction of sp³-hybridized carbons (Fsp3) is 0.421. The maximum atomic E-state index is 12.8. The first-order valence-electron chi connectivity index (χ1n) is 8.96. The van der Waals surface area contributed by atoms with Crippen molar-refractivity contribution in [3.05, 3.63) is 52.2 Å². The van der Waals surface area contributed by atoms with Crippen LogP contribution in [0.3, 0.4) is 0 Å². The molecule has 5 nitrogen and oxygen atoms in total. The third-order valence-electron chi connectivity index (χ3n) is 4.49. The van der Waals surface area contributed by atoms with Crippen molar-refractivity contribution in [1.29, 1.82) is 0 Å². The standard InChI is InChI=1S/C19H22F3N3O2S/c20-19(21,22)14-3-1-4-15(11-14)23-13-18(26)24-12-16(17-5-2-10-28-17)25-6-8-27-9-7-25/h1-5,10-11,16,23H,6-9,12-13H2,(H,24,26). The number of benzene rings is 1. The minimum absolute atomic E-state index is 0.0569. The summed E-state index contributed by atoms with van der Waals surface area (Å²) in [6, 6.07) is 8.89. The SMILES string of the molecule is O=C(CNc1cccc(C(F)(F)F)c1)NCC(c1cccs1)N1CCOCC1. The highest BCUT2D eigenvalue weighted by atomic mass is 32.1. The summed E-state index contributed by atoms with van der Waals surface area (Å²) in [4.78, 5) is 15.7. The molecule has 0 spiro atoms. The highest BCUT2D eigenvalue weighted by Crippen LogP contribution is 2.30. The second-order valence-electron chi connectivity index (χ2n) is 6.42. The van der Waals surface area contributed by atoms with Gasteiger partial charge < -0.3 is 15.4 Å². The molecule has 3 rings (SSSR count). The molecule has 1 aliphatic heterocycles. The van der Waals surface area contributed by atoms with Crippen molar-refractivity contribution in [1.82, 2.24) is 10.2 Å². The van der Waals surface area contributed by atoms with Crippen LogP contribution in [0.1, 0.15) is 16.5 Å². The predicted molar refractivity (Wildman–Crippen MR) is 102 cm³/mol. The lowest BCUT2D eigenvalue weighted by atomic mass is 10.2. The summed E-state index contributed by atoms with van der Waals surface area (Å²) in [6.07, 6.45) is -4.41. The van der Waals surface area contributed by atoms with Crippen LogP contribution >= 0.6 is 11.3 Å². The van der Waals surface area contributed by atoms with Gasteiger partial charge in [-0.05, 0) is 29.6 Å². The third-order valence-corrected chi connectivity index (χ3v) is 5.47. The number of nitrogens with zero attached hydrogens (tertiary/aromatic N) is 1. The van der Waals surface area contributed by atoms with Gasteiger partial charge in [0.05, 0.1) is 31.4 Å². The number of rotatable bonds is 7. The molecule has 1 aromatic heterocycles. The molecule has 1 atom stereocenters. The minimum Gasteiger partial charge on any atom is -0.379 e. The number of ether oxygens (including phenoxy) is 1. The third kappa shape index (κ3) is 5.70. The molecule has 152 valence electrons. The summed E-state index contributed by atoms with van der Waals surface area (Å²) in [5.41, 5.74) is -0.490. The number of nitrogens with one attached hydrogen (secondary N) is 2. The monoisotopic (exact) mass is 413 g/mol. The molecule has 1 saturated heterocycles. The lowest BCUT2D eigenvalue weighted by Gasteiger charge is -2.34. The highest BCUT2D eigenvalue weighted by Gasteiger charge is 2.30. The Labute approximate surface area is 165 Å². The van der Waals surface area contributed by atoms with E-state index in [1.807, 2.05) is 17.5 Å². The summed E-state index contributed by atoms with van der Waals surface area (Å²) in [7, 11) is 0. The summed E-state index contributed by atoms with van der Waals surface area (Å²) >= 11 is 1.63. The molecule has 1 fully saturated rings. The molecule has 0 radical (unpaired) electrons. The molecule has 2 heterocycles. The maximum absolute atomic E-state index is 12.8. The normalized spacial score (nSPS) is 16.5. The average Bonchev–Trinajstić information content (AvgIpc) is 3.21. The number of hydrogen-bond acceptors (Lipinski definition) is 5. The molecule has 2 aromatic rings. The van der Waals surface area contributed by atoms with Crippen molar-refractivity contribution >= 4 is 22.9 Å². The Hall–Kier alpha value is -2.10. The molecule has 2 N–H and O–H groups in total. The number of carbonyl (C=O) groups excluding carboxylic acids is 1. The maximum Gasteiger partial charge on any atom is 0.416 e. The fourth-order valence-corrected chi connectivity index (χ4v) is 3.90. The minimum atomic E-state index is -4.41. The quantitative estimate of drug-likeness (QED) is 0.731. The zero-order valence-corrected chi connectivity index (χ0v) is 16.0. The topological polar surface area (TPSA) is 53.6 Å². The Balaban J connectivity index is 1.53. The Morgan fingerprint density at radius 2 is 2.00 bits per heavy atom. The Morgan fingerprint density at radius 1 is 1.21 bits per heavy atom. The lowest BCUT2D eigenvalue weighted by molar-refractivity contribution is -0.137. The van der Waals surface area contributed by atoms with Crippen molar-refractivity contribution in [2.45, 2.75) is 12.2 Å². The van der Waals surface area contributed by atoms with E-state index in [0.29, 0.717) is 19.8 Å². The van der Waals surface area contributed by atoms with Crippen molar-refractivity contribution in [3.8, 4) is 0 Å². The first-order valence-corrected chi connectivity index (χ1v) is 9.84. The molecule has 0 bridgehead atoms. The van der Waals surface area contributed by atoms with Gasteiger partial charge in [0.1, 0.15) is 0 Å². The first kappa shape index (κ1) is 20.6. The van der Waals surface area contributed by atoms with Gasteiger partial charge in [0.15, 0.2) is 0 Å². The van der Waals surface area contributed by atoms with Crippen LogP contribution in [0.15, 0.2) is 41.8 Å². The van der Waals surface area contributed by atoms with Gasteiger partial charge in [-0.3, -0.25) is 9.69 Å². The summed E-state index contributed by atoms with van der Waals surface area (Å²) < 4.78 is 43.7. The van der Waals surface area contributed by atoms with Gasteiger partial charge in [0.25, 0.3) is 0 Å². The van der Waals surface area contributed by atoms with Crippen LogP contribution < -0.4 is 10.6 Å². The van der Waals surface area contributed by atoms with E-state index in [1.165, 1.54) is 12.1 Å². The molecule has 28 heavy (non-hydrogen) atoms. The van der Waals surface area contributed by atoms with Crippen LogP contribution in [-0.2, 0) is 15.7 Å². The molecule has 0 aliphatic carbocycles. The second-order valence-corrected chi connectivity index (χ2v) is 7.40. The van der Waals surface area contributed by atoms with E-state index in [-0.39, 0.29) is 24.2 Å². The van der Waals surface area contributed by atoms with Crippen molar-refractivity contribution in [2.24, 2.45) is 0 Å². The van der Waals surface area contributed by atoms with Crippen molar-refractivity contribution < 1.29 is 22.7 Å². The second kappa shape index (κ2) is 9.40. The van der Waals surface area contributed by atoms with Gasteiger partial charge in [0.2, 0.25) is 5.91 Å². The van der Waals surface area contributed by atoms with E-state index in [4.69, 9.17) is 4.74 Å². The molecule has 1 aliphatic rings. The molecule has 1 amide bonds. The summed E-state index contributed by atoms with van der Waals surface area (Å²) in [6.45, 7) is 3.24. The molecule has 9 heteroatoms. The molecule has 0 saturated carbocycles. The van der Waals surface area contributed by atoms with Gasteiger partial charge in [-0.2, -0.15) is 13.2 Å². The average molecular weight is 413 g/mol. The summed E-state index contributed by atoms with van der Waals surface area (Å²) in [5, 5.41) is 7.64. The van der Waals surface area contributed by atoms with Crippen LogP contribution in [0.5, 0.6) is 0 Å².